The maximum Gasteiger partial charge on any atom is 0.161 e. The summed E-state index contributed by atoms with van der Waals surface area (Å²) in [6, 6.07) is 17.3. The number of nitrogens with one attached hydrogen (secondary N) is 1. The van der Waals surface area contributed by atoms with Gasteiger partial charge < -0.3 is 9.82 Å². The van der Waals surface area contributed by atoms with E-state index < -0.39 is 0 Å². The van der Waals surface area contributed by atoms with Crippen molar-refractivity contribution in [2.24, 2.45) is 5.34 Å². The molecule has 0 aliphatic rings. The molecule has 5 nitrogen and oxygen atoms in total. The van der Waals surface area contributed by atoms with Crippen LogP contribution < -0.4 is 4.84 Å². The first-order valence-corrected chi connectivity index (χ1v) is 7.48. The molecular weight excluding hydrogens is 302 g/mol. The van der Waals surface area contributed by atoms with E-state index in [1.807, 2.05) is 48.7 Å². The molecule has 0 atom stereocenters. The van der Waals surface area contributed by atoms with E-state index in [2.05, 4.69) is 32.3 Å². The van der Waals surface area contributed by atoms with E-state index in [-0.39, 0.29) is 0 Å². The number of aromatic nitrogens is 2. The second-order valence-electron chi connectivity index (χ2n) is 5.36. The minimum Gasteiger partial charge on any atom is -0.353 e. The number of fused-ring (bicyclic) bond motifs is 3. The molecule has 0 fully saturated rings. The quantitative estimate of drug-likeness (QED) is 0.428. The van der Waals surface area contributed by atoms with Gasteiger partial charge in [-0.15, -0.1) is 4.91 Å². The van der Waals surface area contributed by atoms with Gasteiger partial charge in [0.1, 0.15) is 0 Å². The molecule has 2 aromatic heterocycles. The van der Waals surface area contributed by atoms with Crippen molar-refractivity contribution in [2.45, 2.75) is 0 Å². The summed E-state index contributed by atoms with van der Waals surface area (Å²) in [5.74, 6) is 0.415. The third-order valence-corrected chi connectivity index (χ3v) is 3.91. The Balaban J connectivity index is 1.72. The van der Waals surface area contributed by atoms with Crippen molar-refractivity contribution in [3.05, 3.63) is 77.0 Å². The van der Waals surface area contributed by atoms with E-state index in [0.717, 1.165) is 27.7 Å². The molecule has 24 heavy (non-hydrogen) atoms. The lowest BCUT2D eigenvalue weighted by Crippen LogP contribution is -1.83. The lowest BCUT2D eigenvalue weighted by Gasteiger charge is -1.98. The van der Waals surface area contributed by atoms with Crippen LogP contribution in [-0.4, -0.2) is 9.97 Å². The van der Waals surface area contributed by atoms with Crippen LogP contribution in [0.4, 0.5) is 0 Å². The standard InChI is InChI=1S/C19H13N3O2/c23-22-24-14-8-5-13(6-9-14)7-10-18-19-16(11-12-20-18)15-3-1-2-4-17(15)21-19/h1-12,21H/b10-7+. The van der Waals surface area contributed by atoms with Crippen molar-refractivity contribution in [3.63, 3.8) is 0 Å². The molecule has 5 heteroatoms. The number of nitrogens with zero attached hydrogens (tertiary/aromatic N) is 2. The average molecular weight is 315 g/mol. The van der Waals surface area contributed by atoms with Gasteiger partial charge in [-0.25, -0.2) is 0 Å². The van der Waals surface area contributed by atoms with E-state index in [1.165, 1.54) is 5.39 Å². The third kappa shape index (κ3) is 2.52. The summed E-state index contributed by atoms with van der Waals surface area (Å²) in [6.07, 6.45) is 5.74. The highest BCUT2D eigenvalue weighted by atomic mass is 16.7. The maximum atomic E-state index is 10.1. The first kappa shape index (κ1) is 14.1. The molecule has 0 spiro atoms. The first-order chi connectivity index (χ1) is 11.8. The Labute approximate surface area is 137 Å². The fourth-order valence-corrected chi connectivity index (χ4v) is 2.78. The summed E-state index contributed by atoms with van der Waals surface area (Å²) in [6.45, 7) is 0. The van der Waals surface area contributed by atoms with Crippen LogP contribution in [0.1, 0.15) is 11.3 Å². The predicted octanol–water partition coefficient (Wildman–Crippen LogP) is 4.95. The summed E-state index contributed by atoms with van der Waals surface area (Å²) in [5.41, 5.74) is 3.96. The van der Waals surface area contributed by atoms with Gasteiger partial charge in [0.25, 0.3) is 0 Å². The van der Waals surface area contributed by atoms with Crippen LogP contribution in [0.5, 0.6) is 5.75 Å². The molecule has 0 saturated heterocycles. The highest BCUT2D eigenvalue weighted by molar-refractivity contribution is 6.09. The van der Waals surface area contributed by atoms with Crippen molar-refractivity contribution in [1.82, 2.24) is 9.97 Å². The van der Waals surface area contributed by atoms with Gasteiger partial charge in [-0.05, 0) is 35.9 Å². The fourth-order valence-electron chi connectivity index (χ4n) is 2.78. The molecule has 0 radical (unpaired) electrons. The smallest absolute Gasteiger partial charge is 0.161 e. The Morgan fingerprint density at radius 2 is 1.79 bits per heavy atom. The zero-order valence-corrected chi connectivity index (χ0v) is 12.6. The van der Waals surface area contributed by atoms with Crippen LogP contribution >= 0.6 is 0 Å². The first-order valence-electron chi connectivity index (χ1n) is 7.48. The number of pyridine rings is 1. The number of para-hydroxylation sites is 1. The Bertz CT molecular complexity index is 1050. The maximum absolute atomic E-state index is 10.1. The number of hydrogen-bond donors (Lipinski definition) is 1. The zero-order chi connectivity index (χ0) is 16.4. The number of H-pyrrole nitrogens is 1. The molecule has 0 aliphatic carbocycles. The summed E-state index contributed by atoms with van der Waals surface area (Å²) < 4.78 is 0. The molecule has 4 aromatic rings. The van der Waals surface area contributed by atoms with Crippen molar-refractivity contribution in [2.75, 3.05) is 0 Å². The van der Waals surface area contributed by atoms with Crippen LogP contribution in [0.25, 0.3) is 34.0 Å². The van der Waals surface area contributed by atoms with Crippen molar-refractivity contribution < 1.29 is 4.84 Å². The van der Waals surface area contributed by atoms with Crippen molar-refractivity contribution >= 4 is 34.0 Å². The second kappa shape index (κ2) is 5.96. The lowest BCUT2D eigenvalue weighted by atomic mass is 10.1. The fraction of sp³-hybridized carbons (Fsp3) is 0. The number of hydrogen-bond acceptors (Lipinski definition) is 4. The summed E-state index contributed by atoms with van der Waals surface area (Å²) in [7, 11) is 0. The van der Waals surface area contributed by atoms with Crippen LogP contribution in [0, 0.1) is 4.91 Å². The molecule has 0 amide bonds. The normalized spacial score (nSPS) is 11.3. The van der Waals surface area contributed by atoms with E-state index >= 15 is 0 Å². The van der Waals surface area contributed by atoms with Crippen LogP contribution in [0.2, 0.25) is 0 Å². The second-order valence-corrected chi connectivity index (χ2v) is 5.36. The Morgan fingerprint density at radius 3 is 2.62 bits per heavy atom. The Morgan fingerprint density at radius 1 is 0.958 bits per heavy atom. The molecule has 2 heterocycles. The van der Waals surface area contributed by atoms with Gasteiger partial charge >= 0.3 is 0 Å². The topological polar surface area (TPSA) is 67.3 Å². The largest absolute Gasteiger partial charge is 0.353 e. The summed E-state index contributed by atoms with van der Waals surface area (Å²) in [4.78, 5) is 22.5. The van der Waals surface area contributed by atoms with Crippen molar-refractivity contribution in [3.8, 4) is 5.75 Å². The zero-order valence-electron chi connectivity index (χ0n) is 12.6. The predicted molar refractivity (Wildman–Crippen MR) is 95.4 cm³/mol. The number of rotatable bonds is 4. The molecule has 116 valence electrons. The highest BCUT2D eigenvalue weighted by Gasteiger charge is 2.06. The number of benzene rings is 2. The molecule has 0 aliphatic heterocycles. The lowest BCUT2D eigenvalue weighted by molar-refractivity contribution is 0.335. The average Bonchev–Trinajstić information content (AvgIpc) is 3.01. The Kier molecular flexibility index (Phi) is 3.51. The SMILES string of the molecule is O=NOc1ccc(/C=C/c2nccc3c2[nH]c2ccccc23)cc1. The Hall–Kier alpha value is -3.47. The van der Waals surface area contributed by atoms with Gasteiger partial charge in [-0.1, -0.05) is 36.4 Å². The molecular formula is C19H13N3O2. The van der Waals surface area contributed by atoms with Gasteiger partial charge in [-0.3, -0.25) is 4.98 Å². The third-order valence-electron chi connectivity index (χ3n) is 3.91. The van der Waals surface area contributed by atoms with E-state index in [0.29, 0.717) is 5.75 Å². The van der Waals surface area contributed by atoms with Crippen LogP contribution in [0.3, 0.4) is 0 Å². The minimum atomic E-state index is 0.415. The molecule has 2 aromatic carbocycles. The number of aromatic amines is 1. The summed E-state index contributed by atoms with van der Waals surface area (Å²) >= 11 is 0. The van der Waals surface area contributed by atoms with E-state index in [1.54, 1.807) is 12.1 Å². The minimum absolute atomic E-state index is 0.415. The highest BCUT2D eigenvalue weighted by Crippen LogP contribution is 2.27. The van der Waals surface area contributed by atoms with Crippen LogP contribution in [0.15, 0.2) is 66.1 Å². The molecule has 0 unspecified atom stereocenters. The molecule has 0 bridgehead atoms. The van der Waals surface area contributed by atoms with Crippen LogP contribution in [-0.2, 0) is 0 Å². The molecule has 4 rings (SSSR count). The van der Waals surface area contributed by atoms with Gasteiger partial charge in [0.2, 0.25) is 0 Å². The van der Waals surface area contributed by atoms with E-state index in [9.17, 15) is 4.91 Å². The molecule has 1 N–H and O–H groups in total. The van der Waals surface area contributed by atoms with Gasteiger partial charge in [0.05, 0.1) is 11.2 Å². The molecule has 0 saturated carbocycles. The monoisotopic (exact) mass is 315 g/mol. The van der Waals surface area contributed by atoms with Gasteiger partial charge in [-0.2, -0.15) is 0 Å². The van der Waals surface area contributed by atoms with E-state index in [4.69, 9.17) is 0 Å². The van der Waals surface area contributed by atoms with Crippen molar-refractivity contribution in [1.29, 1.82) is 0 Å². The summed E-state index contributed by atoms with van der Waals surface area (Å²) in [5, 5.41) is 4.74. The van der Waals surface area contributed by atoms with Gasteiger partial charge in [0, 0.05) is 22.5 Å². The van der Waals surface area contributed by atoms with Gasteiger partial charge in [0.15, 0.2) is 11.1 Å².